The lowest BCUT2D eigenvalue weighted by Gasteiger charge is -2.15. The van der Waals surface area contributed by atoms with E-state index in [4.69, 9.17) is 0 Å². The van der Waals surface area contributed by atoms with E-state index in [1.165, 1.54) is 22.6 Å². The molecule has 0 bridgehead atoms. The lowest BCUT2D eigenvalue weighted by molar-refractivity contribution is 0.617. The summed E-state index contributed by atoms with van der Waals surface area (Å²) in [7, 11) is 0. The van der Waals surface area contributed by atoms with Gasteiger partial charge in [-0.1, -0.05) is 12.1 Å². The maximum atomic E-state index is 3.72. The van der Waals surface area contributed by atoms with Crippen LogP contribution in [0.1, 0.15) is 28.6 Å². The fourth-order valence-corrected chi connectivity index (χ4v) is 3.38. The minimum absolute atomic E-state index is 0.428. The zero-order valence-electron chi connectivity index (χ0n) is 8.35. The molecule has 0 radical (unpaired) electrons. The van der Waals surface area contributed by atoms with Crippen LogP contribution in [0.3, 0.4) is 0 Å². The third-order valence-corrected chi connectivity index (χ3v) is 4.51. The molecule has 1 saturated carbocycles. The van der Waals surface area contributed by atoms with Crippen molar-refractivity contribution in [3.05, 3.63) is 44.8 Å². The summed E-state index contributed by atoms with van der Waals surface area (Å²) in [5.41, 5.74) is 0. The van der Waals surface area contributed by atoms with E-state index in [1.807, 2.05) is 22.7 Å². The molecule has 3 rings (SSSR count). The van der Waals surface area contributed by atoms with Crippen LogP contribution in [-0.4, -0.2) is 6.04 Å². The molecule has 0 unspecified atom stereocenters. The van der Waals surface area contributed by atoms with Crippen molar-refractivity contribution in [3.63, 3.8) is 0 Å². The third-order valence-electron chi connectivity index (χ3n) is 2.64. The highest BCUT2D eigenvalue weighted by molar-refractivity contribution is 7.11. The van der Waals surface area contributed by atoms with Gasteiger partial charge in [-0.2, -0.15) is 0 Å². The Labute approximate surface area is 97.8 Å². The molecule has 1 aliphatic rings. The molecule has 0 saturated heterocycles. The molecule has 2 aromatic heterocycles. The molecule has 78 valence electrons. The Kier molecular flexibility index (Phi) is 2.61. The van der Waals surface area contributed by atoms with Crippen LogP contribution in [0.25, 0.3) is 0 Å². The molecule has 0 amide bonds. The van der Waals surface area contributed by atoms with Gasteiger partial charge in [0, 0.05) is 15.8 Å². The van der Waals surface area contributed by atoms with Crippen LogP contribution in [0.2, 0.25) is 0 Å². The molecule has 0 aromatic carbocycles. The second kappa shape index (κ2) is 4.08. The number of hydrogen-bond donors (Lipinski definition) is 1. The van der Waals surface area contributed by atoms with Crippen molar-refractivity contribution >= 4 is 22.7 Å². The fourth-order valence-electron chi connectivity index (χ4n) is 1.70. The van der Waals surface area contributed by atoms with Gasteiger partial charge >= 0.3 is 0 Å². The first-order chi connectivity index (χ1) is 7.43. The normalized spacial score (nSPS) is 16.1. The van der Waals surface area contributed by atoms with Gasteiger partial charge in [0.25, 0.3) is 0 Å². The largest absolute Gasteiger partial charge is 0.302 e. The maximum absolute atomic E-state index is 3.72. The molecule has 1 N–H and O–H groups in total. The molecule has 1 fully saturated rings. The molecular weight excluding hydrogens is 222 g/mol. The predicted molar refractivity (Wildman–Crippen MR) is 66.6 cm³/mol. The van der Waals surface area contributed by atoms with Crippen LogP contribution in [-0.2, 0) is 0 Å². The van der Waals surface area contributed by atoms with Crippen molar-refractivity contribution in [3.8, 4) is 0 Å². The van der Waals surface area contributed by atoms with Gasteiger partial charge in [0.1, 0.15) is 0 Å². The van der Waals surface area contributed by atoms with Gasteiger partial charge < -0.3 is 5.32 Å². The molecule has 15 heavy (non-hydrogen) atoms. The highest BCUT2D eigenvalue weighted by atomic mass is 32.1. The first-order valence-corrected chi connectivity index (χ1v) is 7.02. The number of rotatable bonds is 4. The van der Waals surface area contributed by atoms with Gasteiger partial charge in [0.2, 0.25) is 0 Å². The van der Waals surface area contributed by atoms with Gasteiger partial charge in [0.15, 0.2) is 0 Å². The second-order valence-corrected chi connectivity index (χ2v) is 5.86. The first-order valence-electron chi connectivity index (χ1n) is 5.26. The zero-order chi connectivity index (χ0) is 10.1. The van der Waals surface area contributed by atoms with Gasteiger partial charge in [0.05, 0.1) is 6.04 Å². The average Bonchev–Trinajstić information content (AvgIpc) is 2.77. The minimum Gasteiger partial charge on any atom is -0.302 e. The van der Waals surface area contributed by atoms with E-state index >= 15 is 0 Å². The van der Waals surface area contributed by atoms with Crippen LogP contribution in [0.15, 0.2) is 35.0 Å². The van der Waals surface area contributed by atoms with Crippen LogP contribution in [0, 0.1) is 0 Å². The average molecular weight is 235 g/mol. The lowest BCUT2D eigenvalue weighted by atomic mass is 10.2. The SMILES string of the molecule is c1csc(C(NC2CC2)c2cccs2)c1. The number of hydrogen-bond acceptors (Lipinski definition) is 3. The van der Waals surface area contributed by atoms with E-state index in [-0.39, 0.29) is 0 Å². The Morgan fingerprint density at radius 2 is 1.67 bits per heavy atom. The summed E-state index contributed by atoms with van der Waals surface area (Å²) >= 11 is 3.69. The fraction of sp³-hybridized carbons (Fsp3) is 0.333. The Bertz CT molecular complexity index is 367. The van der Waals surface area contributed by atoms with E-state index in [1.54, 1.807) is 0 Å². The van der Waals surface area contributed by atoms with Gasteiger partial charge in [-0.25, -0.2) is 0 Å². The summed E-state index contributed by atoms with van der Waals surface area (Å²) in [6, 6.07) is 9.90. The molecule has 0 aliphatic heterocycles. The second-order valence-electron chi connectivity index (χ2n) is 3.90. The predicted octanol–water partition coefficient (Wildman–Crippen LogP) is 3.65. The van der Waals surface area contributed by atoms with Gasteiger partial charge in [-0.05, 0) is 35.7 Å². The quantitative estimate of drug-likeness (QED) is 0.853. The monoisotopic (exact) mass is 235 g/mol. The summed E-state index contributed by atoms with van der Waals surface area (Å²) in [5.74, 6) is 0. The zero-order valence-corrected chi connectivity index (χ0v) is 9.98. The molecular formula is C12H13NS2. The van der Waals surface area contributed by atoms with Crippen LogP contribution < -0.4 is 5.32 Å². The number of nitrogens with one attached hydrogen (secondary N) is 1. The van der Waals surface area contributed by atoms with Gasteiger partial charge in [-0.3, -0.25) is 0 Å². The summed E-state index contributed by atoms with van der Waals surface area (Å²) in [6.07, 6.45) is 2.68. The molecule has 0 spiro atoms. The maximum Gasteiger partial charge on any atom is 0.0766 e. The Balaban J connectivity index is 1.87. The standard InChI is InChI=1S/C12H13NS2/c1-3-10(14-7-1)12(13-9-5-6-9)11-4-2-8-15-11/h1-4,7-9,12-13H,5-6H2. The van der Waals surface area contributed by atoms with Crippen molar-refractivity contribution in [2.45, 2.75) is 24.9 Å². The Hall–Kier alpha value is -0.640. The van der Waals surface area contributed by atoms with Crippen LogP contribution >= 0.6 is 22.7 Å². The van der Waals surface area contributed by atoms with Crippen LogP contribution in [0.4, 0.5) is 0 Å². The molecule has 3 heteroatoms. The third kappa shape index (κ3) is 2.14. The summed E-state index contributed by atoms with van der Waals surface area (Å²) in [5, 5.41) is 8.03. The summed E-state index contributed by atoms with van der Waals surface area (Å²) in [6.45, 7) is 0. The van der Waals surface area contributed by atoms with Crippen molar-refractivity contribution in [1.29, 1.82) is 0 Å². The molecule has 2 heterocycles. The highest BCUT2D eigenvalue weighted by Gasteiger charge is 2.27. The Morgan fingerprint density at radius 1 is 1.07 bits per heavy atom. The molecule has 1 nitrogen and oxygen atoms in total. The molecule has 0 atom stereocenters. The van der Waals surface area contributed by atoms with E-state index < -0.39 is 0 Å². The van der Waals surface area contributed by atoms with Crippen molar-refractivity contribution in [2.75, 3.05) is 0 Å². The smallest absolute Gasteiger partial charge is 0.0766 e. The van der Waals surface area contributed by atoms with Crippen LogP contribution in [0.5, 0.6) is 0 Å². The summed E-state index contributed by atoms with van der Waals surface area (Å²) < 4.78 is 0. The minimum atomic E-state index is 0.428. The Morgan fingerprint density at radius 3 is 2.07 bits per heavy atom. The van der Waals surface area contributed by atoms with E-state index in [9.17, 15) is 0 Å². The highest BCUT2D eigenvalue weighted by Crippen LogP contribution is 2.32. The topological polar surface area (TPSA) is 12.0 Å². The van der Waals surface area contributed by atoms with Gasteiger partial charge in [-0.15, -0.1) is 22.7 Å². The van der Waals surface area contributed by atoms with Crippen molar-refractivity contribution < 1.29 is 0 Å². The molecule has 2 aromatic rings. The summed E-state index contributed by atoms with van der Waals surface area (Å²) in [4.78, 5) is 2.87. The van der Waals surface area contributed by atoms with Crippen molar-refractivity contribution in [1.82, 2.24) is 5.32 Å². The van der Waals surface area contributed by atoms with E-state index in [0.29, 0.717) is 6.04 Å². The first kappa shape index (κ1) is 9.58. The van der Waals surface area contributed by atoms with E-state index in [0.717, 1.165) is 6.04 Å². The van der Waals surface area contributed by atoms with Crippen molar-refractivity contribution in [2.24, 2.45) is 0 Å². The molecule has 1 aliphatic carbocycles. The lowest BCUT2D eigenvalue weighted by Crippen LogP contribution is -2.22. The van der Waals surface area contributed by atoms with E-state index in [2.05, 4.69) is 40.3 Å². The number of thiophene rings is 2.